The SMILES string of the molecule is CNc1ncnc(NC(C)C2CCCCC2)c1Br. The molecule has 1 fully saturated rings. The molecule has 2 N–H and O–H groups in total. The van der Waals surface area contributed by atoms with Crippen LogP contribution in [-0.2, 0) is 0 Å². The van der Waals surface area contributed by atoms with Crippen molar-refractivity contribution >= 4 is 27.6 Å². The normalized spacial score (nSPS) is 18.4. The molecule has 0 aliphatic heterocycles. The first-order valence-electron chi connectivity index (χ1n) is 6.67. The van der Waals surface area contributed by atoms with E-state index in [1.54, 1.807) is 6.33 Å². The average molecular weight is 313 g/mol. The van der Waals surface area contributed by atoms with Crippen LogP contribution in [-0.4, -0.2) is 23.1 Å². The molecular formula is C13H21BrN4. The van der Waals surface area contributed by atoms with Crippen LogP contribution in [0, 0.1) is 5.92 Å². The van der Waals surface area contributed by atoms with Crippen molar-refractivity contribution in [2.24, 2.45) is 5.92 Å². The van der Waals surface area contributed by atoms with Gasteiger partial charge in [-0.3, -0.25) is 0 Å². The van der Waals surface area contributed by atoms with Crippen molar-refractivity contribution in [3.63, 3.8) is 0 Å². The van der Waals surface area contributed by atoms with E-state index in [2.05, 4.69) is 43.5 Å². The third-order valence-corrected chi connectivity index (χ3v) is 4.50. The largest absolute Gasteiger partial charge is 0.372 e. The third-order valence-electron chi connectivity index (χ3n) is 3.75. The maximum atomic E-state index is 4.31. The summed E-state index contributed by atoms with van der Waals surface area (Å²) in [5.74, 6) is 2.47. The lowest BCUT2D eigenvalue weighted by atomic mass is 9.84. The summed E-state index contributed by atoms with van der Waals surface area (Å²) in [4.78, 5) is 8.48. The van der Waals surface area contributed by atoms with Crippen LogP contribution in [0.3, 0.4) is 0 Å². The molecule has 1 aliphatic carbocycles. The van der Waals surface area contributed by atoms with E-state index in [9.17, 15) is 0 Å². The summed E-state index contributed by atoms with van der Waals surface area (Å²) in [7, 11) is 1.86. The van der Waals surface area contributed by atoms with Gasteiger partial charge >= 0.3 is 0 Å². The Labute approximate surface area is 117 Å². The van der Waals surface area contributed by atoms with Gasteiger partial charge in [-0.15, -0.1) is 0 Å². The van der Waals surface area contributed by atoms with Gasteiger partial charge in [0.05, 0.1) is 0 Å². The zero-order chi connectivity index (χ0) is 13.0. The van der Waals surface area contributed by atoms with Gasteiger partial charge in [0.1, 0.15) is 22.4 Å². The molecule has 18 heavy (non-hydrogen) atoms. The fourth-order valence-corrected chi connectivity index (χ4v) is 3.13. The highest BCUT2D eigenvalue weighted by atomic mass is 79.9. The van der Waals surface area contributed by atoms with E-state index in [1.165, 1.54) is 32.1 Å². The lowest BCUT2D eigenvalue weighted by Crippen LogP contribution is -2.28. The molecule has 0 bridgehead atoms. The Morgan fingerprint density at radius 3 is 2.56 bits per heavy atom. The third kappa shape index (κ3) is 3.13. The van der Waals surface area contributed by atoms with Gasteiger partial charge in [-0.2, -0.15) is 0 Å². The van der Waals surface area contributed by atoms with Crippen LogP contribution in [0.4, 0.5) is 11.6 Å². The molecule has 2 rings (SSSR count). The summed E-state index contributed by atoms with van der Waals surface area (Å²) >= 11 is 3.54. The Hall–Kier alpha value is -0.840. The highest BCUT2D eigenvalue weighted by Gasteiger charge is 2.21. The first kappa shape index (κ1) is 13.6. The van der Waals surface area contributed by atoms with Crippen LogP contribution >= 0.6 is 15.9 Å². The van der Waals surface area contributed by atoms with E-state index < -0.39 is 0 Å². The van der Waals surface area contributed by atoms with Gasteiger partial charge in [0.25, 0.3) is 0 Å². The van der Waals surface area contributed by atoms with Crippen molar-refractivity contribution in [2.45, 2.75) is 45.1 Å². The molecule has 0 radical (unpaired) electrons. The predicted molar refractivity (Wildman–Crippen MR) is 78.9 cm³/mol. The van der Waals surface area contributed by atoms with Gasteiger partial charge in [-0.25, -0.2) is 9.97 Å². The first-order valence-corrected chi connectivity index (χ1v) is 7.46. The van der Waals surface area contributed by atoms with Crippen molar-refractivity contribution < 1.29 is 0 Å². The maximum Gasteiger partial charge on any atom is 0.146 e. The van der Waals surface area contributed by atoms with E-state index in [0.29, 0.717) is 6.04 Å². The minimum atomic E-state index is 0.459. The quantitative estimate of drug-likeness (QED) is 0.890. The van der Waals surface area contributed by atoms with E-state index in [1.807, 2.05) is 7.05 Å². The molecule has 1 atom stereocenters. The Morgan fingerprint density at radius 2 is 1.89 bits per heavy atom. The Kier molecular flexibility index (Phi) is 4.80. The molecule has 100 valence electrons. The number of rotatable bonds is 4. The van der Waals surface area contributed by atoms with Crippen molar-refractivity contribution in [1.29, 1.82) is 0 Å². The van der Waals surface area contributed by atoms with Crippen LogP contribution in [0.15, 0.2) is 10.8 Å². The summed E-state index contributed by atoms with van der Waals surface area (Å²) in [6, 6.07) is 0.459. The zero-order valence-corrected chi connectivity index (χ0v) is 12.6. The topological polar surface area (TPSA) is 49.8 Å². The van der Waals surface area contributed by atoms with Gasteiger partial charge in [0, 0.05) is 13.1 Å². The fourth-order valence-electron chi connectivity index (χ4n) is 2.61. The second-order valence-electron chi connectivity index (χ2n) is 4.97. The van der Waals surface area contributed by atoms with Gasteiger partial charge < -0.3 is 10.6 Å². The first-order chi connectivity index (χ1) is 8.72. The Bertz CT molecular complexity index is 391. The van der Waals surface area contributed by atoms with Crippen molar-refractivity contribution in [2.75, 3.05) is 17.7 Å². The van der Waals surface area contributed by atoms with Crippen LogP contribution < -0.4 is 10.6 Å². The summed E-state index contributed by atoms with van der Waals surface area (Å²) in [6.45, 7) is 2.25. The zero-order valence-electron chi connectivity index (χ0n) is 11.0. The molecule has 1 heterocycles. The van der Waals surface area contributed by atoms with Gasteiger partial charge in [0.2, 0.25) is 0 Å². The number of aromatic nitrogens is 2. The fraction of sp³-hybridized carbons (Fsp3) is 0.692. The molecule has 5 heteroatoms. The molecule has 4 nitrogen and oxygen atoms in total. The number of hydrogen-bond acceptors (Lipinski definition) is 4. The van der Waals surface area contributed by atoms with Crippen LogP contribution in [0.2, 0.25) is 0 Å². The molecule has 0 aromatic carbocycles. The highest BCUT2D eigenvalue weighted by Crippen LogP contribution is 2.31. The van der Waals surface area contributed by atoms with Crippen molar-refractivity contribution in [3.05, 3.63) is 10.8 Å². The number of nitrogens with one attached hydrogen (secondary N) is 2. The Morgan fingerprint density at radius 1 is 1.22 bits per heavy atom. The summed E-state index contributed by atoms with van der Waals surface area (Å²) in [5, 5.41) is 6.57. The lowest BCUT2D eigenvalue weighted by molar-refractivity contribution is 0.328. The number of hydrogen-bond donors (Lipinski definition) is 2. The van der Waals surface area contributed by atoms with E-state index >= 15 is 0 Å². The van der Waals surface area contributed by atoms with Crippen molar-refractivity contribution in [1.82, 2.24) is 9.97 Å². The monoisotopic (exact) mass is 312 g/mol. The maximum absolute atomic E-state index is 4.31. The molecule has 1 aromatic heterocycles. The van der Waals surface area contributed by atoms with Crippen LogP contribution in [0.1, 0.15) is 39.0 Å². The summed E-state index contributed by atoms with van der Waals surface area (Å²) < 4.78 is 0.912. The van der Waals surface area contributed by atoms with Gasteiger partial charge in [-0.1, -0.05) is 19.3 Å². The van der Waals surface area contributed by atoms with Crippen molar-refractivity contribution in [3.8, 4) is 0 Å². The average Bonchev–Trinajstić information content (AvgIpc) is 2.42. The minimum absolute atomic E-state index is 0.459. The van der Waals surface area contributed by atoms with Gasteiger partial charge in [-0.05, 0) is 41.6 Å². The molecule has 1 unspecified atom stereocenters. The second-order valence-corrected chi connectivity index (χ2v) is 5.76. The molecule has 0 spiro atoms. The highest BCUT2D eigenvalue weighted by molar-refractivity contribution is 9.10. The van der Waals surface area contributed by atoms with E-state index in [-0.39, 0.29) is 0 Å². The number of anilines is 2. The van der Waals surface area contributed by atoms with Crippen LogP contribution in [0.25, 0.3) is 0 Å². The lowest BCUT2D eigenvalue weighted by Gasteiger charge is -2.29. The van der Waals surface area contributed by atoms with Crippen LogP contribution in [0.5, 0.6) is 0 Å². The molecular weight excluding hydrogens is 292 g/mol. The minimum Gasteiger partial charge on any atom is -0.372 e. The number of halogens is 1. The summed E-state index contributed by atoms with van der Waals surface area (Å²) in [6.07, 6.45) is 8.37. The number of nitrogens with zero attached hydrogens (tertiary/aromatic N) is 2. The molecule has 1 saturated carbocycles. The van der Waals surface area contributed by atoms with Gasteiger partial charge in [0.15, 0.2) is 0 Å². The molecule has 0 amide bonds. The standard InChI is InChI=1S/C13H21BrN4/c1-9(10-6-4-3-5-7-10)18-13-11(14)12(15-2)16-8-17-13/h8-10H,3-7H2,1-2H3,(H2,15,16,17,18). The van der Waals surface area contributed by atoms with E-state index in [4.69, 9.17) is 0 Å². The second kappa shape index (κ2) is 6.36. The smallest absolute Gasteiger partial charge is 0.146 e. The molecule has 0 saturated heterocycles. The van der Waals surface area contributed by atoms with E-state index in [0.717, 1.165) is 22.0 Å². The summed E-state index contributed by atoms with van der Waals surface area (Å²) in [5.41, 5.74) is 0. The predicted octanol–water partition coefficient (Wildman–Crippen LogP) is 3.66. The Balaban J connectivity index is 2.04. The molecule has 1 aliphatic rings. The molecule has 1 aromatic rings.